The molecule has 1 aromatic heterocycles. The van der Waals surface area contributed by atoms with Gasteiger partial charge in [0.2, 0.25) is 5.91 Å². The smallest absolute Gasteiger partial charge is 0.266 e. The Morgan fingerprint density at radius 1 is 1.48 bits per heavy atom. The van der Waals surface area contributed by atoms with Crippen LogP contribution in [0.5, 0.6) is 0 Å². The number of nitrogens with one attached hydrogen (secondary N) is 2. The lowest BCUT2D eigenvalue weighted by atomic mass is 10.1. The molecule has 0 unspecified atom stereocenters. The second-order valence-corrected chi connectivity index (χ2v) is 5.83. The maximum Gasteiger partial charge on any atom is 0.266 e. The normalized spacial score (nSPS) is 21.8. The summed E-state index contributed by atoms with van der Waals surface area (Å²) >= 11 is 4.93. The molecule has 0 saturated carbocycles. The van der Waals surface area contributed by atoms with Gasteiger partial charge in [-0.3, -0.25) is 4.79 Å². The maximum absolute atomic E-state index is 12.0. The van der Waals surface area contributed by atoms with Crippen LogP contribution in [0.25, 0.3) is 11.1 Å². The van der Waals surface area contributed by atoms with Gasteiger partial charge in [0.15, 0.2) is 5.58 Å². The van der Waals surface area contributed by atoms with E-state index in [-0.39, 0.29) is 12.0 Å². The number of aromatic amines is 1. The Balaban J connectivity index is 1.56. The molecule has 0 bridgehead atoms. The molecule has 5 nitrogen and oxygen atoms in total. The van der Waals surface area contributed by atoms with E-state index in [1.54, 1.807) is 6.07 Å². The third kappa shape index (κ3) is 3.51. The average molecular weight is 306 g/mol. The number of rotatable bonds is 4. The molecule has 1 aliphatic rings. The molecule has 21 heavy (non-hydrogen) atoms. The molecular formula is C15H18N2O3S. The number of fused-ring (bicyclic) bond motifs is 1. The largest absolute Gasteiger partial charge is 0.429 e. The summed E-state index contributed by atoms with van der Waals surface area (Å²) < 4.78 is 11.0. The fourth-order valence-electron chi connectivity index (χ4n) is 2.64. The molecule has 3 rings (SSSR count). The van der Waals surface area contributed by atoms with Gasteiger partial charge in [0.05, 0.1) is 17.7 Å². The van der Waals surface area contributed by atoms with E-state index in [9.17, 15) is 4.79 Å². The number of hydrogen-bond acceptors (Lipinski definition) is 4. The Morgan fingerprint density at radius 3 is 3.10 bits per heavy atom. The van der Waals surface area contributed by atoms with Gasteiger partial charge in [-0.2, -0.15) is 0 Å². The van der Waals surface area contributed by atoms with Crippen molar-refractivity contribution in [2.45, 2.75) is 44.8 Å². The van der Waals surface area contributed by atoms with Crippen LogP contribution < -0.4 is 5.32 Å². The lowest BCUT2D eigenvalue weighted by molar-refractivity contribution is -0.116. The van der Waals surface area contributed by atoms with E-state index in [0.717, 1.165) is 24.8 Å². The molecule has 1 saturated heterocycles. The van der Waals surface area contributed by atoms with E-state index in [0.29, 0.717) is 28.6 Å². The van der Waals surface area contributed by atoms with Gasteiger partial charge in [0.1, 0.15) is 0 Å². The number of hydrogen-bond donors (Lipinski definition) is 2. The number of ether oxygens (including phenoxy) is 1. The van der Waals surface area contributed by atoms with Crippen molar-refractivity contribution in [2.24, 2.45) is 0 Å². The zero-order valence-corrected chi connectivity index (χ0v) is 12.7. The van der Waals surface area contributed by atoms with Crippen LogP contribution in [0.1, 0.15) is 32.6 Å². The summed E-state index contributed by atoms with van der Waals surface area (Å²) in [5.41, 5.74) is 2.18. The van der Waals surface area contributed by atoms with Crippen molar-refractivity contribution in [2.75, 3.05) is 5.32 Å². The highest BCUT2D eigenvalue weighted by Crippen LogP contribution is 2.23. The maximum atomic E-state index is 12.0. The SMILES string of the molecule is C[C@@H]1CC[C@H](CCC(=O)Nc2ccc3[nH]c(=S)oc3c2)O1. The highest BCUT2D eigenvalue weighted by Gasteiger charge is 2.22. The predicted octanol–water partition coefficient (Wildman–Crippen LogP) is 3.78. The Morgan fingerprint density at radius 2 is 2.33 bits per heavy atom. The standard InChI is InChI=1S/C15H18N2O3S/c1-9-2-4-11(19-9)5-7-14(18)16-10-3-6-12-13(8-10)20-15(21)17-12/h3,6,8-9,11H,2,4-5,7H2,1H3,(H,16,18)(H,17,21)/t9-,11-/m1/s1. The van der Waals surface area contributed by atoms with Gasteiger partial charge in [-0.1, -0.05) is 0 Å². The minimum atomic E-state index is -0.00774. The van der Waals surface area contributed by atoms with Crippen LogP contribution in [-0.4, -0.2) is 23.1 Å². The first-order valence-corrected chi connectivity index (χ1v) is 7.59. The first kappa shape index (κ1) is 14.3. The topological polar surface area (TPSA) is 67.3 Å². The zero-order valence-electron chi connectivity index (χ0n) is 11.8. The molecule has 1 aliphatic heterocycles. The van der Waals surface area contributed by atoms with Crippen molar-refractivity contribution >= 4 is 34.9 Å². The quantitative estimate of drug-likeness (QED) is 0.844. The summed E-state index contributed by atoms with van der Waals surface area (Å²) in [5.74, 6) is -0.00774. The fraction of sp³-hybridized carbons (Fsp3) is 0.467. The third-order valence-corrected chi connectivity index (χ3v) is 3.90. The first-order chi connectivity index (χ1) is 10.1. The fourth-order valence-corrected chi connectivity index (χ4v) is 2.84. The molecule has 0 spiro atoms. The molecule has 2 aromatic rings. The van der Waals surface area contributed by atoms with Gasteiger partial charge < -0.3 is 19.5 Å². The van der Waals surface area contributed by atoms with Gasteiger partial charge in [-0.05, 0) is 50.5 Å². The van der Waals surface area contributed by atoms with Crippen LogP contribution >= 0.6 is 12.2 Å². The third-order valence-electron chi connectivity index (χ3n) is 3.72. The lowest BCUT2D eigenvalue weighted by Gasteiger charge is -2.10. The van der Waals surface area contributed by atoms with Crippen LogP contribution in [0.15, 0.2) is 22.6 Å². The van der Waals surface area contributed by atoms with Crippen molar-refractivity contribution < 1.29 is 13.9 Å². The molecule has 0 aliphatic carbocycles. The summed E-state index contributed by atoms with van der Waals surface area (Å²) in [6.45, 7) is 2.07. The lowest BCUT2D eigenvalue weighted by Crippen LogP contribution is -2.15. The Kier molecular flexibility index (Phi) is 4.07. The Hall–Kier alpha value is -1.66. The van der Waals surface area contributed by atoms with Crippen LogP contribution in [0, 0.1) is 4.84 Å². The molecule has 6 heteroatoms. The van der Waals surface area contributed by atoms with Crippen molar-refractivity contribution in [3.63, 3.8) is 0 Å². The van der Waals surface area contributed by atoms with Crippen LogP contribution in [0.3, 0.4) is 0 Å². The Labute approximate surface area is 127 Å². The van der Waals surface area contributed by atoms with Crippen molar-refractivity contribution in [1.29, 1.82) is 0 Å². The number of oxazole rings is 1. The van der Waals surface area contributed by atoms with Gasteiger partial charge in [0, 0.05) is 18.2 Å². The highest BCUT2D eigenvalue weighted by molar-refractivity contribution is 7.71. The van der Waals surface area contributed by atoms with Crippen LogP contribution in [0.4, 0.5) is 5.69 Å². The van der Waals surface area contributed by atoms with E-state index < -0.39 is 0 Å². The average Bonchev–Trinajstić information content (AvgIpc) is 3.01. The monoisotopic (exact) mass is 306 g/mol. The van der Waals surface area contributed by atoms with E-state index >= 15 is 0 Å². The van der Waals surface area contributed by atoms with E-state index in [2.05, 4.69) is 17.2 Å². The molecule has 1 aromatic carbocycles. The summed E-state index contributed by atoms with van der Waals surface area (Å²) in [6, 6.07) is 5.44. The Bertz CT molecular complexity index is 706. The second-order valence-electron chi connectivity index (χ2n) is 5.46. The predicted molar refractivity (Wildman–Crippen MR) is 82.8 cm³/mol. The van der Waals surface area contributed by atoms with E-state index in [1.165, 1.54) is 0 Å². The van der Waals surface area contributed by atoms with Gasteiger partial charge in [-0.25, -0.2) is 0 Å². The second kappa shape index (κ2) is 5.99. The summed E-state index contributed by atoms with van der Waals surface area (Å²) in [7, 11) is 0. The number of carbonyl (C=O) groups is 1. The summed E-state index contributed by atoms with van der Waals surface area (Å²) in [4.78, 5) is 15.2. The van der Waals surface area contributed by atoms with Gasteiger partial charge in [-0.15, -0.1) is 0 Å². The number of amides is 1. The molecule has 2 N–H and O–H groups in total. The summed E-state index contributed by atoms with van der Waals surface area (Å²) in [6.07, 6.45) is 3.90. The number of benzene rings is 1. The molecule has 0 radical (unpaired) electrons. The number of H-pyrrole nitrogens is 1. The van der Waals surface area contributed by atoms with Crippen molar-refractivity contribution in [3.05, 3.63) is 23.0 Å². The molecule has 1 fully saturated rings. The van der Waals surface area contributed by atoms with Gasteiger partial charge >= 0.3 is 0 Å². The van der Waals surface area contributed by atoms with Gasteiger partial charge in [0.25, 0.3) is 4.84 Å². The van der Waals surface area contributed by atoms with Crippen LogP contribution in [0.2, 0.25) is 0 Å². The molecular weight excluding hydrogens is 288 g/mol. The zero-order chi connectivity index (χ0) is 14.8. The minimum absolute atomic E-state index is 0.00774. The van der Waals surface area contributed by atoms with E-state index in [4.69, 9.17) is 21.4 Å². The van der Waals surface area contributed by atoms with E-state index in [1.807, 2.05) is 12.1 Å². The molecule has 1 amide bonds. The number of anilines is 1. The number of aromatic nitrogens is 1. The van der Waals surface area contributed by atoms with Crippen molar-refractivity contribution in [3.8, 4) is 0 Å². The molecule has 112 valence electrons. The number of carbonyl (C=O) groups excluding carboxylic acids is 1. The minimum Gasteiger partial charge on any atom is -0.429 e. The highest BCUT2D eigenvalue weighted by atomic mass is 32.1. The first-order valence-electron chi connectivity index (χ1n) is 7.18. The molecule has 2 heterocycles. The summed E-state index contributed by atoms with van der Waals surface area (Å²) in [5, 5.41) is 2.88. The van der Waals surface area contributed by atoms with Crippen LogP contribution in [-0.2, 0) is 9.53 Å². The molecule has 2 atom stereocenters. The van der Waals surface area contributed by atoms with Crippen molar-refractivity contribution in [1.82, 2.24) is 4.98 Å².